The van der Waals surface area contributed by atoms with Crippen LogP contribution in [0.3, 0.4) is 0 Å². The van der Waals surface area contributed by atoms with E-state index in [0.717, 1.165) is 15.6 Å². The first-order valence-electron chi connectivity index (χ1n) is 10.1. The molecule has 2 aliphatic rings. The average Bonchev–Trinajstić information content (AvgIpc) is 3.39. The number of fused-ring (bicyclic) bond motifs is 1. The number of carbonyl (C=O) groups is 3. The largest absolute Gasteiger partial charge is 0.468 e. The average molecular weight is 487 g/mol. The topological polar surface area (TPSA) is 76.2 Å². The van der Waals surface area contributed by atoms with Crippen molar-refractivity contribution in [3.05, 3.63) is 69.7 Å². The summed E-state index contributed by atoms with van der Waals surface area (Å²) in [4.78, 5) is 41.1. The summed E-state index contributed by atoms with van der Waals surface area (Å²) >= 11 is 3.52. The SMILES string of the molecule is COC(=O)[C@@H]1CC(OC(=O)N2Cc3cccc(Br)c3C2)CN1CC(=O)c1ccccc1. The van der Waals surface area contributed by atoms with E-state index in [1.165, 1.54) is 7.11 Å². The number of Topliss-reactive ketones (excluding diaryl/α,β-unsaturated/α-hetero) is 1. The van der Waals surface area contributed by atoms with Gasteiger partial charge in [-0.15, -0.1) is 0 Å². The Balaban J connectivity index is 1.40. The number of methoxy groups -OCH3 is 1. The quantitative estimate of drug-likeness (QED) is 0.476. The number of carbonyl (C=O) groups excluding carboxylic acids is 3. The highest BCUT2D eigenvalue weighted by Gasteiger charge is 2.41. The zero-order valence-electron chi connectivity index (χ0n) is 17.1. The zero-order chi connectivity index (χ0) is 22.0. The van der Waals surface area contributed by atoms with E-state index in [1.54, 1.807) is 34.1 Å². The molecular weight excluding hydrogens is 464 g/mol. The third-order valence-corrected chi connectivity index (χ3v) is 6.48. The maximum Gasteiger partial charge on any atom is 0.410 e. The lowest BCUT2D eigenvalue weighted by atomic mass is 10.1. The van der Waals surface area contributed by atoms with Crippen LogP contribution in [0.15, 0.2) is 53.0 Å². The molecule has 31 heavy (non-hydrogen) atoms. The van der Waals surface area contributed by atoms with Crippen LogP contribution in [-0.4, -0.2) is 60.0 Å². The minimum atomic E-state index is -0.625. The van der Waals surface area contributed by atoms with Crippen LogP contribution in [0.4, 0.5) is 4.79 Å². The van der Waals surface area contributed by atoms with Crippen molar-refractivity contribution in [1.82, 2.24) is 9.80 Å². The molecule has 2 aliphatic heterocycles. The van der Waals surface area contributed by atoms with Gasteiger partial charge in [0.15, 0.2) is 5.78 Å². The van der Waals surface area contributed by atoms with Crippen LogP contribution in [0.1, 0.15) is 27.9 Å². The van der Waals surface area contributed by atoms with Crippen molar-refractivity contribution in [1.29, 1.82) is 0 Å². The van der Waals surface area contributed by atoms with Crippen molar-refractivity contribution in [3.63, 3.8) is 0 Å². The molecule has 2 heterocycles. The van der Waals surface area contributed by atoms with Crippen molar-refractivity contribution < 1.29 is 23.9 Å². The highest BCUT2D eigenvalue weighted by Crippen LogP contribution is 2.30. The summed E-state index contributed by atoms with van der Waals surface area (Å²) in [5.74, 6) is -0.529. The zero-order valence-corrected chi connectivity index (χ0v) is 18.7. The molecule has 0 bridgehead atoms. The van der Waals surface area contributed by atoms with Gasteiger partial charge in [-0.05, 0) is 17.2 Å². The first-order valence-corrected chi connectivity index (χ1v) is 10.9. The van der Waals surface area contributed by atoms with E-state index in [4.69, 9.17) is 9.47 Å². The lowest BCUT2D eigenvalue weighted by Crippen LogP contribution is -2.40. The molecule has 0 N–H and O–H groups in total. The van der Waals surface area contributed by atoms with Crippen LogP contribution < -0.4 is 0 Å². The lowest BCUT2D eigenvalue weighted by Gasteiger charge is -2.21. The maximum absolute atomic E-state index is 12.8. The normalized spacial score (nSPS) is 20.4. The fraction of sp³-hybridized carbons (Fsp3) is 0.348. The molecule has 0 aromatic heterocycles. The summed E-state index contributed by atoms with van der Waals surface area (Å²) in [7, 11) is 1.32. The Morgan fingerprint density at radius 1 is 1.06 bits per heavy atom. The Morgan fingerprint density at radius 2 is 1.84 bits per heavy atom. The molecule has 1 unspecified atom stereocenters. The summed E-state index contributed by atoms with van der Waals surface area (Å²) in [6, 6.07) is 14.2. The highest BCUT2D eigenvalue weighted by atomic mass is 79.9. The molecule has 0 spiro atoms. The van der Waals surface area contributed by atoms with E-state index < -0.39 is 24.2 Å². The van der Waals surface area contributed by atoms with Gasteiger partial charge in [0.25, 0.3) is 0 Å². The number of benzene rings is 2. The number of hydrogen-bond acceptors (Lipinski definition) is 6. The first-order chi connectivity index (χ1) is 15.0. The minimum absolute atomic E-state index is 0.0555. The fourth-order valence-electron chi connectivity index (χ4n) is 4.13. The van der Waals surface area contributed by atoms with Gasteiger partial charge < -0.3 is 9.47 Å². The number of ketones is 1. The number of halogens is 1. The van der Waals surface area contributed by atoms with Gasteiger partial charge in [0, 0.05) is 29.5 Å². The second-order valence-electron chi connectivity index (χ2n) is 7.73. The van der Waals surface area contributed by atoms with Gasteiger partial charge >= 0.3 is 12.1 Å². The number of hydrogen-bond donors (Lipinski definition) is 0. The highest BCUT2D eigenvalue weighted by molar-refractivity contribution is 9.10. The Bertz CT molecular complexity index is 997. The van der Waals surface area contributed by atoms with Gasteiger partial charge in [0.05, 0.1) is 20.2 Å². The molecule has 0 aliphatic carbocycles. The molecule has 7 nitrogen and oxygen atoms in total. The number of ether oxygens (including phenoxy) is 2. The molecule has 0 saturated carbocycles. The van der Waals surface area contributed by atoms with Crippen molar-refractivity contribution in [2.24, 2.45) is 0 Å². The predicted octanol–water partition coefficient (Wildman–Crippen LogP) is 3.40. The van der Waals surface area contributed by atoms with Crippen LogP contribution in [-0.2, 0) is 27.4 Å². The Morgan fingerprint density at radius 3 is 2.55 bits per heavy atom. The number of likely N-dealkylation sites (tertiary alicyclic amines) is 1. The van der Waals surface area contributed by atoms with Crippen LogP contribution in [0, 0.1) is 0 Å². The van der Waals surface area contributed by atoms with Crippen LogP contribution in [0.25, 0.3) is 0 Å². The number of esters is 1. The lowest BCUT2D eigenvalue weighted by molar-refractivity contribution is -0.145. The van der Waals surface area contributed by atoms with E-state index in [9.17, 15) is 14.4 Å². The third kappa shape index (κ3) is 4.65. The number of nitrogens with zero attached hydrogens (tertiary/aromatic N) is 2. The number of rotatable bonds is 5. The Labute approximate surface area is 189 Å². The second-order valence-corrected chi connectivity index (χ2v) is 8.59. The molecular formula is C23H23BrN2O5. The molecule has 1 amide bonds. The Hall–Kier alpha value is -2.71. The van der Waals surface area contributed by atoms with Crippen molar-refractivity contribution in [3.8, 4) is 0 Å². The molecule has 2 aromatic rings. The molecule has 0 radical (unpaired) electrons. The van der Waals surface area contributed by atoms with Crippen molar-refractivity contribution in [2.75, 3.05) is 20.2 Å². The van der Waals surface area contributed by atoms with Crippen LogP contribution in [0.2, 0.25) is 0 Å². The molecule has 162 valence electrons. The van der Waals surface area contributed by atoms with E-state index in [1.807, 2.05) is 24.3 Å². The van der Waals surface area contributed by atoms with Gasteiger partial charge in [-0.1, -0.05) is 58.4 Å². The van der Waals surface area contributed by atoms with Crippen LogP contribution in [0.5, 0.6) is 0 Å². The maximum atomic E-state index is 12.8. The summed E-state index contributed by atoms with van der Waals surface area (Å²) in [6.07, 6.45) is -0.620. The van der Waals surface area contributed by atoms with Crippen molar-refractivity contribution >= 4 is 33.8 Å². The summed E-state index contributed by atoms with van der Waals surface area (Å²) in [6.45, 7) is 1.31. The Kier molecular flexibility index (Phi) is 6.38. The minimum Gasteiger partial charge on any atom is -0.468 e. The molecule has 4 rings (SSSR count). The molecule has 1 saturated heterocycles. The predicted molar refractivity (Wildman–Crippen MR) is 116 cm³/mol. The first kappa shape index (κ1) is 21.5. The molecule has 2 atom stereocenters. The number of amides is 1. The standard InChI is InChI=1S/C23H23BrN2O5/c1-30-22(28)20-10-17(12-25(20)14-21(27)15-6-3-2-4-7-15)31-23(29)26-11-16-8-5-9-19(24)18(16)13-26/h2-9,17,20H,10-14H2,1H3/t17?,20-/m0/s1. The van der Waals surface area contributed by atoms with Gasteiger partial charge in [-0.25, -0.2) is 4.79 Å². The summed E-state index contributed by atoms with van der Waals surface area (Å²) in [5, 5.41) is 0. The van der Waals surface area contributed by atoms with Crippen molar-refractivity contribution in [2.45, 2.75) is 31.7 Å². The summed E-state index contributed by atoms with van der Waals surface area (Å²) < 4.78 is 11.6. The second kappa shape index (κ2) is 9.20. The summed E-state index contributed by atoms with van der Waals surface area (Å²) in [5.41, 5.74) is 2.74. The van der Waals surface area contributed by atoms with Gasteiger partial charge in [-0.2, -0.15) is 0 Å². The van der Waals surface area contributed by atoms with E-state index >= 15 is 0 Å². The van der Waals surface area contributed by atoms with E-state index in [2.05, 4.69) is 15.9 Å². The fourth-order valence-corrected chi connectivity index (χ4v) is 4.66. The molecule has 1 fully saturated rings. The monoisotopic (exact) mass is 486 g/mol. The van der Waals surface area contributed by atoms with Gasteiger partial charge in [0.1, 0.15) is 12.1 Å². The third-order valence-electron chi connectivity index (χ3n) is 5.73. The molecule has 2 aromatic carbocycles. The van der Waals surface area contributed by atoms with E-state index in [0.29, 0.717) is 31.6 Å². The van der Waals surface area contributed by atoms with E-state index in [-0.39, 0.29) is 12.3 Å². The van der Waals surface area contributed by atoms with Gasteiger partial charge in [0.2, 0.25) is 0 Å². The smallest absolute Gasteiger partial charge is 0.410 e. The molecule has 8 heteroatoms. The van der Waals surface area contributed by atoms with Crippen LogP contribution >= 0.6 is 15.9 Å². The van der Waals surface area contributed by atoms with Gasteiger partial charge in [-0.3, -0.25) is 19.4 Å².